The van der Waals surface area contributed by atoms with Crippen molar-refractivity contribution in [2.45, 2.75) is 18.1 Å². The minimum Gasteiger partial charge on any atom is -0.481 e. The summed E-state index contributed by atoms with van der Waals surface area (Å²) in [4.78, 5) is 25.9. The zero-order valence-corrected chi connectivity index (χ0v) is 12.0. The standard InChI is InChI=1S/C14H13FN2O3S/c1-9(10-3-2-4-11(15)7-10)17-6-5-12(18)16-14(17)21-8-13(19)20/h2-7,9H,8H2,1H3,(H,19,20). The molecule has 5 nitrogen and oxygen atoms in total. The zero-order chi connectivity index (χ0) is 15.4. The number of aliphatic carboxylic acids is 1. The lowest BCUT2D eigenvalue weighted by atomic mass is 10.1. The Bertz CT molecular complexity index is 717. The third-order valence-corrected chi connectivity index (χ3v) is 3.83. The summed E-state index contributed by atoms with van der Waals surface area (Å²) in [5.41, 5.74) is 0.267. The monoisotopic (exact) mass is 308 g/mol. The van der Waals surface area contributed by atoms with Crippen LogP contribution in [0.25, 0.3) is 0 Å². The van der Waals surface area contributed by atoms with Crippen molar-refractivity contribution < 1.29 is 14.3 Å². The smallest absolute Gasteiger partial charge is 0.313 e. The third kappa shape index (κ3) is 3.91. The molecule has 2 aromatic rings. The number of halogens is 1. The number of nitrogens with zero attached hydrogens (tertiary/aromatic N) is 2. The lowest BCUT2D eigenvalue weighted by molar-refractivity contribution is -0.133. The van der Waals surface area contributed by atoms with Crippen LogP contribution >= 0.6 is 11.8 Å². The van der Waals surface area contributed by atoms with Crippen LogP contribution in [0.1, 0.15) is 18.5 Å². The molecule has 7 heteroatoms. The second kappa shape index (κ2) is 6.53. The summed E-state index contributed by atoms with van der Waals surface area (Å²) in [5, 5.41) is 9.03. The summed E-state index contributed by atoms with van der Waals surface area (Å²) in [6.07, 6.45) is 1.54. The predicted molar refractivity (Wildman–Crippen MR) is 77.1 cm³/mol. The van der Waals surface area contributed by atoms with E-state index >= 15 is 0 Å². The van der Waals surface area contributed by atoms with Gasteiger partial charge in [0, 0.05) is 12.3 Å². The Morgan fingerprint density at radius 3 is 2.90 bits per heavy atom. The van der Waals surface area contributed by atoms with Crippen molar-refractivity contribution in [3.63, 3.8) is 0 Å². The van der Waals surface area contributed by atoms with Gasteiger partial charge >= 0.3 is 5.97 Å². The highest BCUT2D eigenvalue weighted by atomic mass is 32.2. The third-order valence-electron chi connectivity index (χ3n) is 2.88. The number of benzene rings is 1. The molecule has 110 valence electrons. The van der Waals surface area contributed by atoms with Crippen molar-refractivity contribution >= 4 is 17.7 Å². The van der Waals surface area contributed by atoms with E-state index in [2.05, 4.69) is 4.98 Å². The molecule has 0 fully saturated rings. The van der Waals surface area contributed by atoms with Gasteiger partial charge in [-0.1, -0.05) is 23.9 Å². The lowest BCUT2D eigenvalue weighted by Gasteiger charge is -2.19. The quantitative estimate of drug-likeness (QED) is 0.677. The minimum atomic E-state index is -0.997. The number of carboxylic acids is 1. The summed E-state index contributed by atoms with van der Waals surface area (Å²) < 4.78 is 15.0. The van der Waals surface area contributed by atoms with Gasteiger partial charge < -0.3 is 9.67 Å². The van der Waals surface area contributed by atoms with E-state index in [0.29, 0.717) is 10.7 Å². The normalized spacial score (nSPS) is 12.1. The molecule has 1 unspecified atom stereocenters. The second-order valence-corrected chi connectivity index (χ2v) is 5.31. The van der Waals surface area contributed by atoms with Crippen LogP contribution in [0.15, 0.2) is 46.5 Å². The van der Waals surface area contributed by atoms with E-state index < -0.39 is 11.5 Å². The van der Waals surface area contributed by atoms with E-state index in [1.165, 1.54) is 24.4 Å². The molecule has 0 aliphatic heterocycles. The maximum absolute atomic E-state index is 13.3. The molecular formula is C14H13FN2O3S. The van der Waals surface area contributed by atoms with Crippen LogP contribution in [-0.4, -0.2) is 26.4 Å². The number of carbonyl (C=O) groups is 1. The van der Waals surface area contributed by atoms with Gasteiger partial charge in [-0.2, -0.15) is 4.98 Å². The van der Waals surface area contributed by atoms with Gasteiger partial charge in [0.15, 0.2) is 5.16 Å². The molecule has 0 saturated carbocycles. The molecule has 1 atom stereocenters. The first kappa shape index (κ1) is 15.2. The van der Waals surface area contributed by atoms with E-state index in [1.54, 1.807) is 16.7 Å². The molecule has 0 spiro atoms. The molecule has 0 radical (unpaired) electrons. The fourth-order valence-electron chi connectivity index (χ4n) is 1.85. The Labute approximate surface area is 124 Å². The summed E-state index contributed by atoms with van der Waals surface area (Å²) in [7, 11) is 0. The number of hydrogen-bond donors (Lipinski definition) is 1. The second-order valence-electron chi connectivity index (χ2n) is 4.37. The number of hydrogen-bond acceptors (Lipinski definition) is 4. The fraction of sp³-hybridized carbons (Fsp3) is 0.214. The van der Waals surface area contributed by atoms with E-state index in [0.717, 1.165) is 11.8 Å². The topological polar surface area (TPSA) is 72.2 Å². The van der Waals surface area contributed by atoms with Gasteiger partial charge in [-0.25, -0.2) is 4.39 Å². The van der Waals surface area contributed by atoms with Crippen LogP contribution in [0.4, 0.5) is 4.39 Å². The Kier molecular flexibility index (Phi) is 4.74. The summed E-state index contributed by atoms with van der Waals surface area (Å²) in [5.74, 6) is -1.55. The van der Waals surface area contributed by atoms with Crippen molar-refractivity contribution in [3.8, 4) is 0 Å². The molecule has 0 saturated heterocycles. The molecule has 0 amide bonds. The van der Waals surface area contributed by atoms with Crippen molar-refractivity contribution in [1.82, 2.24) is 9.55 Å². The maximum atomic E-state index is 13.3. The van der Waals surface area contributed by atoms with Crippen LogP contribution in [0.2, 0.25) is 0 Å². The highest BCUT2D eigenvalue weighted by Crippen LogP contribution is 2.23. The molecule has 1 heterocycles. The average Bonchev–Trinajstić information content (AvgIpc) is 2.44. The van der Waals surface area contributed by atoms with Gasteiger partial charge in [0.2, 0.25) is 0 Å². The van der Waals surface area contributed by atoms with Gasteiger partial charge in [0.1, 0.15) is 5.82 Å². The van der Waals surface area contributed by atoms with Crippen molar-refractivity contribution in [2.24, 2.45) is 0 Å². The summed E-state index contributed by atoms with van der Waals surface area (Å²) in [6.45, 7) is 1.83. The van der Waals surface area contributed by atoms with Crippen LogP contribution in [0, 0.1) is 5.82 Å². The number of rotatable bonds is 5. The van der Waals surface area contributed by atoms with E-state index in [1.807, 2.05) is 6.92 Å². The molecule has 0 aliphatic rings. The van der Waals surface area contributed by atoms with Crippen LogP contribution in [0.5, 0.6) is 0 Å². The molecular weight excluding hydrogens is 295 g/mol. The van der Waals surface area contributed by atoms with Crippen LogP contribution in [0.3, 0.4) is 0 Å². The fourth-order valence-corrected chi connectivity index (χ4v) is 2.63. The number of aromatic nitrogens is 2. The highest BCUT2D eigenvalue weighted by Gasteiger charge is 2.14. The predicted octanol–water partition coefficient (Wildman–Crippen LogP) is 2.17. The van der Waals surface area contributed by atoms with Crippen molar-refractivity contribution in [1.29, 1.82) is 0 Å². The molecule has 0 bridgehead atoms. The highest BCUT2D eigenvalue weighted by molar-refractivity contribution is 7.99. The van der Waals surface area contributed by atoms with Crippen molar-refractivity contribution in [2.75, 3.05) is 5.75 Å². The molecule has 1 aromatic heterocycles. The SMILES string of the molecule is CC(c1cccc(F)c1)n1ccc(=O)nc1SCC(=O)O. The molecule has 1 N–H and O–H groups in total. The van der Waals surface area contributed by atoms with Gasteiger partial charge in [-0.15, -0.1) is 0 Å². The van der Waals surface area contributed by atoms with E-state index in [4.69, 9.17) is 5.11 Å². The number of carboxylic acid groups (broad SMARTS) is 1. The zero-order valence-electron chi connectivity index (χ0n) is 11.2. The summed E-state index contributed by atoms with van der Waals surface area (Å²) >= 11 is 0.955. The van der Waals surface area contributed by atoms with Gasteiger partial charge in [-0.3, -0.25) is 9.59 Å². The molecule has 0 aliphatic carbocycles. The molecule has 21 heavy (non-hydrogen) atoms. The largest absolute Gasteiger partial charge is 0.481 e. The Morgan fingerprint density at radius 2 is 2.24 bits per heavy atom. The first-order valence-corrected chi connectivity index (χ1v) is 7.15. The van der Waals surface area contributed by atoms with Crippen molar-refractivity contribution in [3.05, 3.63) is 58.3 Å². The van der Waals surface area contributed by atoms with Gasteiger partial charge in [-0.05, 0) is 24.6 Å². The van der Waals surface area contributed by atoms with Crippen LogP contribution < -0.4 is 5.56 Å². The Balaban J connectivity index is 2.37. The first-order chi connectivity index (χ1) is 9.97. The minimum absolute atomic E-state index is 0.202. The average molecular weight is 308 g/mol. The van der Waals surface area contributed by atoms with Gasteiger partial charge in [0.05, 0.1) is 11.8 Å². The molecule has 1 aromatic carbocycles. The maximum Gasteiger partial charge on any atom is 0.313 e. The Morgan fingerprint density at radius 1 is 1.48 bits per heavy atom. The van der Waals surface area contributed by atoms with E-state index in [-0.39, 0.29) is 17.6 Å². The Hall–Kier alpha value is -2.15. The van der Waals surface area contributed by atoms with Crippen LogP contribution in [-0.2, 0) is 4.79 Å². The first-order valence-electron chi connectivity index (χ1n) is 6.16. The van der Waals surface area contributed by atoms with Gasteiger partial charge in [0.25, 0.3) is 5.56 Å². The number of thioether (sulfide) groups is 1. The van der Waals surface area contributed by atoms with E-state index in [9.17, 15) is 14.0 Å². The lowest BCUT2D eigenvalue weighted by Crippen LogP contribution is -2.17. The summed E-state index contributed by atoms with van der Waals surface area (Å²) in [6, 6.07) is 7.12. The molecule has 2 rings (SSSR count).